The summed E-state index contributed by atoms with van der Waals surface area (Å²) >= 11 is 0. The van der Waals surface area contributed by atoms with Gasteiger partial charge in [-0.25, -0.2) is 0 Å². The molecule has 0 radical (unpaired) electrons. The molecule has 0 aromatic carbocycles. The van der Waals surface area contributed by atoms with Gasteiger partial charge in [0.15, 0.2) is 0 Å². The van der Waals surface area contributed by atoms with Crippen molar-refractivity contribution in [3.05, 3.63) is 12.2 Å². The normalized spacial score (nSPS) is 32.9. The topological polar surface area (TPSA) is 23.8 Å². The standard InChI is InChI=1S/C21H35N/c1-2-3-4-5-6-7-8-18-9-13-20(14-10-18)21-15-11-19(17-22)12-16-21/h5-6,18-21H,2-4,7-16H2,1H3/b6-5+. The molecule has 2 rings (SSSR count). The molecule has 1 heteroatoms. The van der Waals surface area contributed by atoms with Gasteiger partial charge < -0.3 is 0 Å². The van der Waals surface area contributed by atoms with Crippen LogP contribution >= 0.6 is 0 Å². The lowest BCUT2D eigenvalue weighted by Crippen LogP contribution is -2.25. The van der Waals surface area contributed by atoms with E-state index in [0.29, 0.717) is 5.92 Å². The smallest absolute Gasteiger partial charge is 0.0655 e. The highest BCUT2D eigenvalue weighted by Crippen LogP contribution is 2.42. The summed E-state index contributed by atoms with van der Waals surface area (Å²) in [5, 5.41) is 9.02. The molecule has 2 aliphatic rings. The van der Waals surface area contributed by atoms with Crippen LogP contribution in [0.3, 0.4) is 0 Å². The van der Waals surface area contributed by atoms with Gasteiger partial charge in [-0.1, -0.05) is 44.8 Å². The van der Waals surface area contributed by atoms with E-state index in [4.69, 9.17) is 5.26 Å². The molecule has 0 aliphatic heterocycles. The van der Waals surface area contributed by atoms with Crippen LogP contribution in [-0.2, 0) is 0 Å². The molecule has 0 saturated heterocycles. The highest BCUT2D eigenvalue weighted by Gasteiger charge is 2.30. The molecule has 22 heavy (non-hydrogen) atoms. The largest absolute Gasteiger partial charge is 0.198 e. The maximum atomic E-state index is 9.02. The van der Waals surface area contributed by atoms with Crippen molar-refractivity contribution in [2.75, 3.05) is 0 Å². The van der Waals surface area contributed by atoms with Gasteiger partial charge in [-0.2, -0.15) is 5.26 Å². The van der Waals surface area contributed by atoms with Crippen LogP contribution in [0.15, 0.2) is 12.2 Å². The van der Waals surface area contributed by atoms with Crippen LogP contribution in [0.2, 0.25) is 0 Å². The van der Waals surface area contributed by atoms with Crippen LogP contribution in [0.4, 0.5) is 0 Å². The lowest BCUT2D eigenvalue weighted by Gasteiger charge is -2.36. The van der Waals surface area contributed by atoms with Crippen molar-refractivity contribution in [1.82, 2.24) is 0 Å². The van der Waals surface area contributed by atoms with Crippen LogP contribution in [-0.4, -0.2) is 0 Å². The zero-order valence-electron chi connectivity index (χ0n) is 14.6. The van der Waals surface area contributed by atoms with Crippen LogP contribution < -0.4 is 0 Å². The highest BCUT2D eigenvalue weighted by atomic mass is 14.4. The minimum absolute atomic E-state index is 0.368. The van der Waals surface area contributed by atoms with Crippen molar-refractivity contribution in [3.8, 4) is 6.07 Å². The minimum Gasteiger partial charge on any atom is -0.198 e. The Hall–Kier alpha value is -0.770. The average Bonchev–Trinajstić information content (AvgIpc) is 2.59. The zero-order valence-corrected chi connectivity index (χ0v) is 14.6. The number of nitriles is 1. The lowest BCUT2D eigenvalue weighted by molar-refractivity contribution is 0.154. The van der Waals surface area contributed by atoms with Gasteiger partial charge in [-0.3, -0.25) is 0 Å². The van der Waals surface area contributed by atoms with E-state index in [-0.39, 0.29) is 0 Å². The quantitative estimate of drug-likeness (QED) is 0.381. The SMILES string of the molecule is CCCC/C=C/CCC1CCC(C2CCC(C#N)CC2)CC1. The summed E-state index contributed by atoms with van der Waals surface area (Å²) in [5.74, 6) is 3.28. The van der Waals surface area contributed by atoms with E-state index in [2.05, 4.69) is 25.1 Å². The molecule has 2 aliphatic carbocycles. The fraction of sp³-hybridized carbons (Fsp3) is 0.857. The summed E-state index contributed by atoms with van der Waals surface area (Å²) in [5.41, 5.74) is 0. The van der Waals surface area contributed by atoms with E-state index in [1.54, 1.807) is 0 Å². The molecule has 1 nitrogen and oxygen atoms in total. The van der Waals surface area contributed by atoms with Crippen molar-refractivity contribution in [3.63, 3.8) is 0 Å². The second-order valence-corrected chi connectivity index (χ2v) is 7.71. The molecule has 124 valence electrons. The summed E-state index contributed by atoms with van der Waals surface area (Å²) in [6.45, 7) is 2.26. The van der Waals surface area contributed by atoms with Gasteiger partial charge in [0.2, 0.25) is 0 Å². The van der Waals surface area contributed by atoms with E-state index >= 15 is 0 Å². The second kappa shape index (κ2) is 10.1. The third-order valence-corrected chi connectivity index (χ3v) is 6.15. The molecule has 0 heterocycles. The molecule has 0 atom stereocenters. The van der Waals surface area contributed by atoms with Crippen molar-refractivity contribution in [2.45, 2.75) is 90.4 Å². The van der Waals surface area contributed by atoms with Crippen LogP contribution in [0, 0.1) is 35.0 Å². The summed E-state index contributed by atoms with van der Waals surface area (Å²) in [6.07, 6.45) is 22.3. The van der Waals surface area contributed by atoms with Crippen molar-refractivity contribution < 1.29 is 0 Å². The highest BCUT2D eigenvalue weighted by molar-refractivity contribution is 4.90. The Morgan fingerprint density at radius 2 is 1.45 bits per heavy atom. The third-order valence-electron chi connectivity index (χ3n) is 6.15. The van der Waals surface area contributed by atoms with E-state index in [1.807, 2.05) is 0 Å². The molecule has 2 fully saturated rings. The molecule has 0 aromatic rings. The monoisotopic (exact) mass is 301 g/mol. The minimum atomic E-state index is 0.368. The number of rotatable bonds is 7. The van der Waals surface area contributed by atoms with E-state index in [0.717, 1.165) is 17.8 Å². The van der Waals surface area contributed by atoms with Crippen LogP contribution in [0.1, 0.15) is 90.4 Å². The first-order chi connectivity index (χ1) is 10.8. The van der Waals surface area contributed by atoms with Gasteiger partial charge in [-0.15, -0.1) is 0 Å². The average molecular weight is 302 g/mol. The first kappa shape index (κ1) is 17.6. The van der Waals surface area contributed by atoms with E-state index in [9.17, 15) is 0 Å². The van der Waals surface area contributed by atoms with Gasteiger partial charge in [0.1, 0.15) is 0 Å². The fourth-order valence-electron chi connectivity index (χ4n) is 4.56. The number of allylic oxidation sites excluding steroid dienone is 2. The van der Waals surface area contributed by atoms with Gasteiger partial charge in [0, 0.05) is 5.92 Å². The zero-order chi connectivity index (χ0) is 15.6. The molecule has 0 bridgehead atoms. The molecule has 0 aromatic heterocycles. The Morgan fingerprint density at radius 3 is 2.05 bits per heavy atom. The number of hydrogen-bond donors (Lipinski definition) is 0. The van der Waals surface area contributed by atoms with Gasteiger partial charge in [0.05, 0.1) is 6.07 Å². The molecule has 0 unspecified atom stereocenters. The van der Waals surface area contributed by atoms with Crippen LogP contribution in [0.25, 0.3) is 0 Å². The maximum absolute atomic E-state index is 9.02. The molecule has 0 spiro atoms. The van der Waals surface area contributed by atoms with Crippen LogP contribution in [0.5, 0.6) is 0 Å². The summed E-state index contributed by atoms with van der Waals surface area (Å²) in [7, 11) is 0. The maximum Gasteiger partial charge on any atom is 0.0655 e. The Bertz CT molecular complexity index is 349. The van der Waals surface area contributed by atoms with Gasteiger partial charge in [-0.05, 0) is 75.5 Å². The molecular weight excluding hydrogens is 266 g/mol. The summed E-state index contributed by atoms with van der Waals surface area (Å²) in [4.78, 5) is 0. The second-order valence-electron chi connectivity index (χ2n) is 7.71. The van der Waals surface area contributed by atoms with Crippen molar-refractivity contribution in [1.29, 1.82) is 5.26 Å². The Morgan fingerprint density at radius 1 is 0.864 bits per heavy atom. The fourth-order valence-corrected chi connectivity index (χ4v) is 4.56. The summed E-state index contributed by atoms with van der Waals surface area (Å²) in [6, 6.07) is 2.47. The third kappa shape index (κ3) is 5.79. The number of unbranched alkanes of at least 4 members (excludes halogenated alkanes) is 2. The first-order valence-corrected chi connectivity index (χ1v) is 9.88. The Balaban J connectivity index is 1.58. The van der Waals surface area contributed by atoms with Crippen molar-refractivity contribution >= 4 is 0 Å². The predicted molar refractivity (Wildman–Crippen MR) is 94.4 cm³/mol. The lowest BCUT2D eigenvalue weighted by atomic mass is 9.69. The Kier molecular flexibility index (Phi) is 8.06. The molecule has 0 N–H and O–H groups in total. The predicted octanol–water partition coefficient (Wildman–Crippen LogP) is 6.65. The first-order valence-electron chi connectivity index (χ1n) is 9.88. The van der Waals surface area contributed by atoms with E-state index in [1.165, 1.54) is 83.5 Å². The Labute approximate surface area is 138 Å². The van der Waals surface area contributed by atoms with Gasteiger partial charge >= 0.3 is 0 Å². The van der Waals surface area contributed by atoms with Crippen molar-refractivity contribution in [2.24, 2.45) is 23.7 Å². The number of hydrogen-bond acceptors (Lipinski definition) is 1. The van der Waals surface area contributed by atoms with E-state index < -0.39 is 0 Å². The summed E-state index contributed by atoms with van der Waals surface area (Å²) < 4.78 is 0. The molecule has 2 saturated carbocycles. The van der Waals surface area contributed by atoms with Gasteiger partial charge in [0.25, 0.3) is 0 Å². The number of nitrogens with zero attached hydrogens (tertiary/aromatic N) is 1. The molecule has 0 amide bonds. The molecular formula is C21H35N.